The fourth-order valence-corrected chi connectivity index (χ4v) is 2.80. The molecule has 1 aromatic heterocycles. The van der Waals surface area contributed by atoms with Crippen molar-refractivity contribution >= 4 is 17.3 Å². The Kier molecular flexibility index (Phi) is 5.32. The molecular formula is C22H23N3O. The predicted molar refractivity (Wildman–Crippen MR) is 107 cm³/mol. The van der Waals surface area contributed by atoms with Crippen LogP contribution in [0.2, 0.25) is 0 Å². The molecule has 0 spiro atoms. The van der Waals surface area contributed by atoms with E-state index in [2.05, 4.69) is 34.7 Å². The number of aryl methyl sites for hydroxylation is 1. The van der Waals surface area contributed by atoms with Gasteiger partial charge >= 0.3 is 0 Å². The molecule has 132 valence electrons. The summed E-state index contributed by atoms with van der Waals surface area (Å²) in [5, 5.41) is 6.37. The van der Waals surface area contributed by atoms with Crippen LogP contribution >= 0.6 is 0 Å². The maximum atomic E-state index is 12.6. The van der Waals surface area contributed by atoms with Crippen LogP contribution in [0.1, 0.15) is 40.0 Å². The Labute approximate surface area is 154 Å². The highest BCUT2D eigenvalue weighted by Gasteiger charge is 2.11. The van der Waals surface area contributed by atoms with Gasteiger partial charge in [0.15, 0.2) is 0 Å². The van der Waals surface area contributed by atoms with Crippen LogP contribution in [0.15, 0.2) is 67.0 Å². The molecule has 2 aromatic carbocycles. The lowest BCUT2D eigenvalue weighted by atomic mass is 10.1. The van der Waals surface area contributed by atoms with E-state index >= 15 is 0 Å². The van der Waals surface area contributed by atoms with Crippen LogP contribution in [0.5, 0.6) is 0 Å². The summed E-state index contributed by atoms with van der Waals surface area (Å²) in [5.41, 5.74) is 5.56. The number of pyridine rings is 1. The van der Waals surface area contributed by atoms with Gasteiger partial charge in [0.2, 0.25) is 0 Å². The van der Waals surface area contributed by atoms with E-state index < -0.39 is 0 Å². The number of amides is 1. The topological polar surface area (TPSA) is 54.0 Å². The van der Waals surface area contributed by atoms with Crippen molar-refractivity contribution in [2.75, 3.05) is 10.6 Å². The number of hydrogen-bond acceptors (Lipinski definition) is 3. The summed E-state index contributed by atoms with van der Waals surface area (Å²) in [4.78, 5) is 16.8. The van der Waals surface area contributed by atoms with Crippen LogP contribution in [0.4, 0.5) is 11.4 Å². The molecule has 1 atom stereocenters. The molecule has 1 amide bonds. The zero-order valence-electron chi connectivity index (χ0n) is 15.3. The van der Waals surface area contributed by atoms with Crippen LogP contribution in [-0.4, -0.2) is 10.9 Å². The minimum Gasteiger partial charge on any atom is -0.377 e. The van der Waals surface area contributed by atoms with E-state index in [9.17, 15) is 4.79 Å². The van der Waals surface area contributed by atoms with E-state index in [1.807, 2.05) is 56.3 Å². The number of anilines is 2. The highest BCUT2D eigenvalue weighted by Crippen LogP contribution is 2.21. The van der Waals surface area contributed by atoms with Crippen molar-refractivity contribution in [1.82, 2.24) is 4.98 Å². The Hall–Kier alpha value is -3.14. The molecular weight excluding hydrogens is 322 g/mol. The van der Waals surface area contributed by atoms with Crippen molar-refractivity contribution in [2.24, 2.45) is 0 Å². The molecule has 2 N–H and O–H groups in total. The number of nitrogens with zero attached hydrogens (tertiary/aromatic N) is 1. The van der Waals surface area contributed by atoms with Crippen LogP contribution in [-0.2, 0) is 0 Å². The van der Waals surface area contributed by atoms with Gasteiger partial charge in [0.1, 0.15) is 0 Å². The summed E-state index contributed by atoms with van der Waals surface area (Å²) in [7, 11) is 0. The van der Waals surface area contributed by atoms with Gasteiger partial charge in [-0.25, -0.2) is 0 Å². The molecule has 0 saturated heterocycles. The predicted octanol–water partition coefficient (Wildman–Crippen LogP) is 5.12. The summed E-state index contributed by atoms with van der Waals surface area (Å²) in [6.07, 6.45) is 3.31. The standard InChI is InChI=1S/C22H23N3O/c1-15-8-7-11-21(16(15)2)25-22(26)19-12-20(14-23-13-19)24-17(3)18-9-5-4-6-10-18/h4-14,17,24H,1-3H3,(H,25,26). The summed E-state index contributed by atoms with van der Waals surface area (Å²) < 4.78 is 0. The minimum atomic E-state index is -0.165. The number of hydrogen-bond donors (Lipinski definition) is 2. The van der Waals surface area contributed by atoms with Crippen LogP contribution in [0.25, 0.3) is 0 Å². The number of carbonyl (C=O) groups is 1. The first-order chi connectivity index (χ1) is 12.5. The van der Waals surface area contributed by atoms with Crippen LogP contribution in [0, 0.1) is 13.8 Å². The second-order valence-electron chi connectivity index (χ2n) is 6.44. The van der Waals surface area contributed by atoms with E-state index in [1.54, 1.807) is 12.4 Å². The maximum Gasteiger partial charge on any atom is 0.257 e. The van der Waals surface area contributed by atoms with Crippen molar-refractivity contribution in [3.63, 3.8) is 0 Å². The molecule has 3 rings (SSSR count). The van der Waals surface area contributed by atoms with E-state index in [0.717, 1.165) is 22.5 Å². The Morgan fingerprint density at radius 1 is 1.00 bits per heavy atom. The summed E-state index contributed by atoms with van der Waals surface area (Å²) in [6, 6.07) is 18.0. The van der Waals surface area contributed by atoms with Gasteiger partial charge in [0, 0.05) is 24.1 Å². The molecule has 0 radical (unpaired) electrons. The second kappa shape index (κ2) is 7.83. The Balaban J connectivity index is 1.74. The van der Waals surface area contributed by atoms with Gasteiger partial charge in [-0.15, -0.1) is 0 Å². The van der Waals surface area contributed by atoms with E-state index in [0.29, 0.717) is 5.56 Å². The molecule has 1 heterocycles. The SMILES string of the molecule is Cc1cccc(NC(=O)c2cncc(NC(C)c3ccccc3)c2)c1C. The Morgan fingerprint density at radius 2 is 1.77 bits per heavy atom. The summed E-state index contributed by atoms with van der Waals surface area (Å²) in [6.45, 7) is 6.11. The normalized spacial score (nSPS) is 11.7. The highest BCUT2D eigenvalue weighted by molar-refractivity contribution is 6.05. The van der Waals surface area contributed by atoms with Gasteiger partial charge in [-0.3, -0.25) is 9.78 Å². The quantitative estimate of drug-likeness (QED) is 0.674. The van der Waals surface area contributed by atoms with Crippen LogP contribution in [0.3, 0.4) is 0 Å². The molecule has 0 aliphatic rings. The number of carbonyl (C=O) groups excluding carboxylic acids is 1. The molecule has 0 saturated carbocycles. The zero-order valence-corrected chi connectivity index (χ0v) is 15.3. The lowest BCUT2D eigenvalue weighted by Crippen LogP contribution is -2.14. The zero-order chi connectivity index (χ0) is 18.5. The molecule has 4 nitrogen and oxygen atoms in total. The summed E-state index contributed by atoms with van der Waals surface area (Å²) >= 11 is 0. The largest absolute Gasteiger partial charge is 0.377 e. The Morgan fingerprint density at radius 3 is 2.54 bits per heavy atom. The fourth-order valence-electron chi connectivity index (χ4n) is 2.80. The molecule has 0 fully saturated rings. The number of aromatic nitrogens is 1. The molecule has 1 unspecified atom stereocenters. The first kappa shape index (κ1) is 17.7. The van der Waals surface area contributed by atoms with Crippen molar-refractivity contribution in [3.8, 4) is 0 Å². The second-order valence-corrected chi connectivity index (χ2v) is 6.44. The highest BCUT2D eigenvalue weighted by atomic mass is 16.1. The smallest absolute Gasteiger partial charge is 0.257 e. The molecule has 0 aliphatic carbocycles. The average molecular weight is 345 g/mol. The third-order valence-electron chi connectivity index (χ3n) is 4.54. The van der Waals surface area contributed by atoms with E-state index in [4.69, 9.17) is 0 Å². The Bertz CT molecular complexity index is 906. The fraction of sp³-hybridized carbons (Fsp3) is 0.182. The molecule has 26 heavy (non-hydrogen) atoms. The molecule has 3 aromatic rings. The number of benzene rings is 2. The minimum absolute atomic E-state index is 0.121. The van der Waals surface area contributed by atoms with Gasteiger partial charge in [-0.05, 0) is 49.6 Å². The van der Waals surface area contributed by atoms with Crippen molar-refractivity contribution in [1.29, 1.82) is 0 Å². The van der Waals surface area contributed by atoms with Crippen molar-refractivity contribution < 1.29 is 4.79 Å². The first-order valence-electron chi connectivity index (χ1n) is 8.68. The van der Waals surface area contributed by atoms with Gasteiger partial charge in [-0.2, -0.15) is 0 Å². The monoisotopic (exact) mass is 345 g/mol. The average Bonchev–Trinajstić information content (AvgIpc) is 2.66. The molecule has 4 heteroatoms. The van der Waals surface area contributed by atoms with Gasteiger partial charge in [0.25, 0.3) is 5.91 Å². The van der Waals surface area contributed by atoms with Crippen molar-refractivity contribution in [3.05, 3.63) is 89.2 Å². The molecule has 0 bridgehead atoms. The number of rotatable bonds is 5. The van der Waals surface area contributed by atoms with E-state index in [-0.39, 0.29) is 11.9 Å². The van der Waals surface area contributed by atoms with E-state index in [1.165, 1.54) is 5.56 Å². The van der Waals surface area contributed by atoms with Crippen LogP contribution < -0.4 is 10.6 Å². The van der Waals surface area contributed by atoms with Gasteiger partial charge in [0.05, 0.1) is 11.3 Å². The third kappa shape index (κ3) is 4.09. The maximum absolute atomic E-state index is 12.6. The third-order valence-corrected chi connectivity index (χ3v) is 4.54. The lowest BCUT2D eigenvalue weighted by molar-refractivity contribution is 0.102. The first-order valence-corrected chi connectivity index (χ1v) is 8.68. The number of nitrogens with one attached hydrogen (secondary N) is 2. The van der Waals surface area contributed by atoms with Crippen molar-refractivity contribution in [2.45, 2.75) is 26.8 Å². The molecule has 0 aliphatic heterocycles. The van der Waals surface area contributed by atoms with Gasteiger partial charge < -0.3 is 10.6 Å². The summed E-state index contributed by atoms with van der Waals surface area (Å²) in [5.74, 6) is -0.165. The van der Waals surface area contributed by atoms with Gasteiger partial charge in [-0.1, -0.05) is 42.5 Å². The lowest BCUT2D eigenvalue weighted by Gasteiger charge is -2.16.